The minimum atomic E-state index is -1.18. The Kier molecular flexibility index (Phi) is 4.68. The van der Waals surface area contributed by atoms with Crippen molar-refractivity contribution in [3.05, 3.63) is 53.1 Å². The highest BCUT2D eigenvalue weighted by Gasteiger charge is 2.13. The Morgan fingerprint density at radius 1 is 1.29 bits per heavy atom. The van der Waals surface area contributed by atoms with Crippen molar-refractivity contribution in [2.75, 3.05) is 5.32 Å². The lowest BCUT2D eigenvalue weighted by molar-refractivity contribution is 0.0698. The number of nitrogens with one attached hydrogen (secondary N) is 2. The molecule has 8 heteroatoms. The maximum atomic E-state index is 11.8. The quantitative estimate of drug-likeness (QED) is 0.803. The summed E-state index contributed by atoms with van der Waals surface area (Å²) in [6.45, 7) is 0.199. The average molecular weight is 307 g/mol. The van der Waals surface area contributed by atoms with Crippen LogP contribution in [0, 0.1) is 0 Å². The second-order valence-corrected chi connectivity index (χ2v) is 4.44. The van der Waals surface area contributed by atoms with Crippen molar-refractivity contribution in [2.45, 2.75) is 6.54 Å². The number of aromatic carboxylic acids is 1. The number of carbonyl (C=O) groups excluding carboxylic acids is 1. The number of urea groups is 1. The third-order valence-corrected chi connectivity index (χ3v) is 2.77. The summed E-state index contributed by atoms with van der Waals surface area (Å²) in [7, 11) is 0. The van der Waals surface area contributed by atoms with Crippen molar-refractivity contribution >= 4 is 29.3 Å². The van der Waals surface area contributed by atoms with Gasteiger partial charge in [0.1, 0.15) is 6.33 Å². The zero-order valence-electron chi connectivity index (χ0n) is 10.7. The number of nitrogens with zero attached hydrogens (tertiary/aromatic N) is 2. The number of rotatable bonds is 4. The normalized spacial score (nSPS) is 9.95. The first-order chi connectivity index (χ1) is 10.1. The van der Waals surface area contributed by atoms with E-state index in [2.05, 4.69) is 20.6 Å². The number of hydrogen-bond donors (Lipinski definition) is 3. The van der Waals surface area contributed by atoms with Crippen LogP contribution in [0.4, 0.5) is 10.5 Å². The molecule has 0 aliphatic rings. The largest absolute Gasteiger partial charge is 0.478 e. The van der Waals surface area contributed by atoms with E-state index in [0.29, 0.717) is 5.69 Å². The van der Waals surface area contributed by atoms with Gasteiger partial charge in [-0.1, -0.05) is 11.6 Å². The molecule has 0 aliphatic heterocycles. The van der Waals surface area contributed by atoms with Gasteiger partial charge in [-0.3, -0.25) is 0 Å². The lowest BCUT2D eigenvalue weighted by Crippen LogP contribution is -2.29. The standard InChI is InChI=1S/C13H11ClN4O3/c14-8-1-2-11(10(5-8)12(19)20)18-13(21)16-6-9-3-4-15-7-17-9/h1-5,7H,6H2,(H,19,20)(H2,16,18,21). The Hall–Kier alpha value is -2.67. The van der Waals surface area contributed by atoms with Gasteiger partial charge in [-0.2, -0.15) is 0 Å². The summed E-state index contributed by atoms with van der Waals surface area (Å²) in [5.41, 5.74) is 0.710. The number of amides is 2. The zero-order valence-corrected chi connectivity index (χ0v) is 11.5. The molecule has 21 heavy (non-hydrogen) atoms. The minimum absolute atomic E-state index is 0.0836. The first kappa shape index (κ1) is 14.7. The fraction of sp³-hybridized carbons (Fsp3) is 0.0769. The van der Waals surface area contributed by atoms with E-state index in [9.17, 15) is 9.59 Å². The molecule has 2 amide bonds. The number of carboxylic acids is 1. The summed E-state index contributed by atoms with van der Waals surface area (Å²) in [6.07, 6.45) is 2.93. The summed E-state index contributed by atoms with van der Waals surface area (Å²) < 4.78 is 0. The van der Waals surface area contributed by atoms with Gasteiger partial charge in [0.05, 0.1) is 23.5 Å². The Balaban J connectivity index is 2.01. The molecular formula is C13H11ClN4O3. The Morgan fingerprint density at radius 3 is 2.76 bits per heavy atom. The molecule has 1 aromatic carbocycles. The third kappa shape index (κ3) is 4.15. The fourth-order valence-corrected chi connectivity index (χ4v) is 1.73. The first-order valence-electron chi connectivity index (χ1n) is 5.89. The third-order valence-electron chi connectivity index (χ3n) is 2.53. The van der Waals surface area contributed by atoms with Crippen LogP contribution in [0.3, 0.4) is 0 Å². The molecule has 0 spiro atoms. The van der Waals surface area contributed by atoms with Crippen molar-refractivity contribution in [1.82, 2.24) is 15.3 Å². The van der Waals surface area contributed by atoms with Crippen LogP contribution in [0.25, 0.3) is 0 Å². The fourth-order valence-electron chi connectivity index (χ4n) is 1.56. The average Bonchev–Trinajstić information content (AvgIpc) is 2.48. The lowest BCUT2D eigenvalue weighted by Gasteiger charge is -2.10. The number of aromatic nitrogens is 2. The summed E-state index contributed by atoms with van der Waals surface area (Å²) >= 11 is 5.73. The van der Waals surface area contributed by atoms with Gasteiger partial charge in [-0.15, -0.1) is 0 Å². The molecule has 1 aromatic heterocycles. The number of halogens is 1. The second-order valence-electron chi connectivity index (χ2n) is 4.00. The number of hydrogen-bond acceptors (Lipinski definition) is 4. The molecule has 0 radical (unpaired) electrons. The van der Waals surface area contributed by atoms with Gasteiger partial charge in [0.2, 0.25) is 0 Å². The maximum absolute atomic E-state index is 11.8. The monoisotopic (exact) mass is 306 g/mol. The minimum Gasteiger partial charge on any atom is -0.478 e. The molecule has 0 aliphatic carbocycles. The summed E-state index contributed by atoms with van der Waals surface area (Å²) in [4.78, 5) is 30.6. The van der Waals surface area contributed by atoms with E-state index in [-0.39, 0.29) is 22.8 Å². The highest BCUT2D eigenvalue weighted by atomic mass is 35.5. The lowest BCUT2D eigenvalue weighted by atomic mass is 10.2. The number of carbonyl (C=O) groups is 2. The molecule has 0 saturated heterocycles. The molecule has 7 nitrogen and oxygen atoms in total. The van der Waals surface area contributed by atoms with Crippen molar-refractivity contribution in [1.29, 1.82) is 0 Å². The van der Waals surface area contributed by atoms with Gasteiger partial charge in [0, 0.05) is 11.2 Å². The van der Waals surface area contributed by atoms with Crippen LogP contribution in [0.5, 0.6) is 0 Å². The van der Waals surface area contributed by atoms with Crippen LogP contribution < -0.4 is 10.6 Å². The summed E-state index contributed by atoms with van der Waals surface area (Å²) in [6, 6.07) is 5.30. The van der Waals surface area contributed by atoms with Gasteiger partial charge in [-0.05, 0) is 24.3 Å². The Morgan fingerprint density at radius 2 is 2.10 bits per heavy atom. The molecule has 0 bridgehead atoms. The first-order valence-corrected chi connectivity index (χ1v) is 6.26. The number of benzene rings is 1. The SMILES string of the molecule is O=C(NCc1ccncn1)Nc1ccc(Cl)cc1C(=O)O. The molecule has 0 unspecified atom stereocenters. The smallest absolute Gasteiger partial charge is 0.337 e. The topological polar surface area (TPSA) is 104 Å². The molecule has 0 fully saturated rings. The molecule has 2 rings (SSSR count). The van der Waals surface area contributed by atoms with E-state index in [1.165, 1.54) is 24.5 Å². The number of anilines is 1. The van der Waals surface area contributed by atoms with Gasteiger partial charge in [0.25, 0.3) is 0 Å². The van der Waals surface area contributed by atoms with Crippen LogP contribution in [-0.2, 0) is 6.54 Å². The van der Waals surface area contributed by atoms with E-state index in [1.54, 1.807) is 12.3 Å². The van der Waals surface area contributed by atoms with Gasteiger partial charge < -0.3 is 15.7 Å². The molecule has 1 heterocycles. The van der Waals surface area contributed by atoms with Gasteiger partial charge >= 0.3 is 12.0 Å². The summed E-state index contributed by atoms with van der Waals surface area (Å²) in [5.74, 6) is -1.18. The Labute approximate surface area is 125 Å². The van der Waals surface area contributed by atoms with Crippen molar-refractivity contribution in [2.24, 2.45) is 0 Å². The molecule has 0 atom stereocenters. The zero-order chi connectivity index (χ0) is 15.2. The van der Waals surface area contributed by atoms with E-state index in [0.717, 1.165) is 0 Å². The van der Waals surface area contributed by atoms with Crippen LogP contribution in [0.1, 0.15) is 16.1 Å². The molecule has 0 saturated carbocycles. The predicted molar refractivity (Wildman–Crippen MR) is 76.3 cm³/mol. The van der Waals surface area contributed by atoms with Crippen LogP contribution in [0.2, 0.25) is 5.02 Å². The maximum Gasteiger partial charge on any atom is 0.337 e. The van der Waals surface area contributed by atoms with Crippen LogP contribution in [-0.4, -0.2) is 27.1 Å². The highest BCUT2D eigenvalue weighted by molar-refractivity contribution is 6.31. The summed E-state index contributed by atoms with van der Waals surface area (Å²) in [5, 5.41) is 14.4. The van der Waals surface area contributed by atoms with Crippen molar-refractivity contribution in [3.8, 4) is 0 Å². The molecular weight excluding hydrogens is 296 g/mol. The van der Waals surface area contributed by atoms with E-state index >= 15 is 0 Å². The van der Waals surface area contributed by atoms with Crippen LogP contribution >= 0.6 is 11.6 Å². The Bertz CT molecular complexity index is 664. The van der Waals surface area contributed by atoms with Crippen LogP contribution in [0.15, 0.2) is 36.8 Å². The molecule has 3 N–H and O–H groups in total. The van der Waals surface area contributed by atoms with Gasteiger partial charge in [-0.25, -0.2) is 19.6 Å². The molecule has 108 valence electrons. The van der Waals surface area contributed by atoms with E-state index < -0.39 is 12.0 Å². The molecule has 2 aromatic rings. The highest BCUT2D eigenvalue weighted by Crippen LogP contribution is 2.20. The van der Waals surface area contributed by atoms with Crippen molar-refractivity contribution in [3.63, 3.8) is 0 Å². The van der Waals surface area contributed by atoms with E-state index in [4.69, 9.17) is 16.7 Å². The van der Waals surface area contributed by atoms with Crippen molar-refractivity contribution < 1.29 is 14.7 Å². The van der Waals surface area contributed by atoms with E-state index in [1.807, 2.05) is 0 Å². The predicted octanol–water partition coefficient (Wildman–Crippen LogP) is 2.15. The van der Waals surface area contributed by atoms with Gasteiger partial charge in [0.15, 0.2) is 0 Å². The number of carboxylic acid groups (broad SMARTS) is 1. The second kappa shape index (κ2) is 6.67.